The van der Waals surface area contributed by atoms with Gasteiger partial charge in [0.2, 0.25) is 0 Å². The second-order valence-electron chi connectivity index (χ2n) is 8.11. The minimum absolute atomic E-state index is 0.0167. The second kappa shape index (κ2) is 4.22. The standard InChI is InChI=1S/C17H26O3/c1-4-17(2,3)16(18)19-8-10-5-9-6-11(10)12-7-13-15(20-13)14(9)12/h9-15H,4-8H2,1-3H3. The van der Waals surface area contributed by atoms with Crippen molar-refractivity contribution in [2.24, 2.45) is 35.0 Å². The molecule has 0 N–H and O–H groups in total. The van der Waals surface area contributed by atoms with Crippen molar-refractivity contribution in [2.45, 2.75) is 58.7 Å². The monoisotopic (exact) mass is 278 g/mol. The first-order valence-electron chi connectivity index (χ1n) is 8.34. The Labute approximate surface area is 121 Å². The zero-order chi connectivity index (χ0) is 14.1. The molecule has 0 aromatic rings. The summed E-state index contributed by atoms with van der Waals surface area (Å²) in [5.41, 5.74) is -0.330. The molecular weight excluding hydrogens is 252 g/mol. The van der Waals surface area contributed by atoms with Crippen LogP contribution < -0.4 is 0 Å². The summed E-state index contributed by atoms with van der Waals surface area (Å²) in [5.74, 6) is 3.99. The predicted molar refractivity (Wildman–Crippen MR) is 75.0 cm³/mol. The summed E-state index contributed by atoms with van der Waals surface area (Å²) in [6.07, 6.45) is 5.95. The highest BCUT2D eigenvalue weighted by Gasteiger charge is 2.66. The molecule has 3 heteroatoms. The molecule has 4 aliphatic rings. The Hall–Kier alpha value is -0.570. The van der Waals surface area contributed by atoms with Crippen LogP contribution in [0.1, 0.15) is 46.5 Å². The van der Waals surface area contributed by atoms with E-state index in [0.29, 0.717) is 24.7 Å². The van der Waals surface area contributed by atoms with E-state index in [4.69, 9.17) is 9.47 Å². The summed E-state index contributed by atoms with van der Waals surface area (Å²) < 4.78 is 11.4. The van der Waals surface area contributed by atoms with Crippen LogP contribution in [-0.2, 0) is 14.3 Å². The molecule has 112 valence electrons. The van der Waals surface area contributed by atoms with Crippen LogP contribution in [0.5, 0.6) is 0 Å². The topological polar surface area (TPSA) is 38.8 Å². The zero-order valence-corrected chi connectivity index (χ0v) is 12.8. The molecule has 2 bridgehead atoms. The van der Waals surface area contributed by atoms with Gasteiger partial charge in [0.25, 0.3) is 0 Å². The van der Waals surface area contributed by atoms with Gasteiger partial charge in [-0.05, 0) is 69.1 Å². The van der Waals surface area contributed by atoms with E-state index < -0.39 is 0 Å². The van der Waals surface area contributed by atoms with Crippen molar-refractivity contribution in [2.75, 3.05) is 6.61 Å². The summed E-state index contributed by atoms with van der Waals surface area (Å²) in [5, 5.41) is 0. The predicted octanol–water partition coefficient (Wildman–Crippen LogP) is 3.03. The van der Waals surface area contributed by atoms with Gasteiger partial charge < -0.3 is 9.47 Å². The third-order valence-electron chi connectivity index (χ3n) is 6.75. The molecule has 3 saturated carbocycles. The van der Waals surface area contributed by atoms with E-state index in [0.717, 1.165) is 30.1 Å². The third-order valence-corrected chi connectivity index (χ3v) is 6.75. The summed E-state index contributed by atoms with van der Waals surface area (Å²) in [6.45, 7) is 6.67. The van der Waals surface area contributed by atoms with E-state index in [9.17, 15) is 4.79 Å². The van der Waals surface area contributed by atoms with Crippen LogP contribution in [0, 0.1) is 35.0 Å². The first-order valence-corrected chi connectivity index (χ1v) is 8.34. The van der Waals surface area contributed by atoms with Crippen LogP contribution in [0.25, 0.3) is 0 Å². The van der Waals surface area contributed by atoms with Gasteiger partial charge in [0.1, 0.15) is 0 Å². The number of carbonyl (C=O) groups excluding carboxylic acids is 1. The molecule has 1 aliphatic heterocycles. The number of esters is 1. The third kappa shape index (κ3) is 1.78. The first kappa shape index (κ1) is 13.1. The molecule has 0 radical (unpaired) electrons. The van der Waals surface area contributed by atoms with Crippen molar-refractivity contribution in [1.29, 1.82) is 0 Å². The minimum atomic E-state index is -0.330. The number of epoxide rings is 1. The van der Waals surface area contributed by atoms with Crippen molar-refractivity contribution in [3.8, 4) is 0 Å². The molecule has 1 saturated heterocycles. The van der Waals surface area contributed by atoms with Crippen molar-refractivity contribution < 1.29 is 14.3 Å². The molecule has 4 fully saturated rings. The summed E-state index contributed by atoms with van der Waals surface area (Å²) >= 11 is 0. The van der Waals surface area contributed by atoms with Gasteiger partial charge in [-0.2, -0.15) is 0 Å². The number of ether oxygens (including phenoxy) is 2. The van der Waals surface area contributed by atoms with Crippen LogP contribution in [-0.4, -0.2) is 24.8 Å². The minimum Gasteiger partial charge on any atom is -0.465 e. The summed E-state index contributed by atoms with van der Waals surface area (Å²) in [7, 11) is 0. The van der Waals surface area contributed by atoms with Crippen molar-refractivity contribution in [1.82, 2.24) is 0 Å². The lowest BCUT2D eigenvalue weighted by Gasteiger charge is -2.33. The fourth-order valence-corrected chi connectivity index (χ4v) is 5.19. The fourth-order valence-electron chi connectivity index (χ4n) is 5.19. The Morgan fingerprint density at radius 3 is 2.80 bits per heavy atom. The Morgan fingerprint density at radius 2 is 2.05 bits per heavy atom. The second-order valence-corrected chi connectivity index (χ2v) is 8.11. The number of hydrogen-bond donors (Lipinski definition) is 0. The molecule has 4 rings (SSSR count). The lowest BCUT2D eigenvalue weighted by molar-refractivity contribution is -0.156. The maximum Gasteiger partial charge on any atom is 0.311 e. The highest BCUT2D eigenvalue weighted by atomic mass is 16.6. The van der Waals surface area contributed by atoms with E-state index >= 15 is 0 Å². The van der Waals surface area contributed by atoms with Crippen LogP contribution in [0.4, 0.5) is 0 Å². The molecule has 3 aliphatic carbocycles. The molecule has 0 amide bonds. The summed E-state index contributed by atoms with van der Waals surface area (Å²) in [4.78, 5) is 12.1. The van der Waals surface area contributed by atoms with Gasteiger partial charge >= 0.3 is 5.97 Å². The molecule has 7 atom stereocenters. The molecule has 3 nitrogen and oxygen atoms in total. The maximum absolute atomic E-state index is 12.1. The molecule has 20 heavy (non-hydrogen) atoms. The number of fused-ring (bicyclic) bond motifs is 7. The van der Waals surface area contributed by atoms with E-state index in [1.807, 2.05) is 20.8 Å². The Kier molecular flexibility index (Phi) is 2.77. The van der Waals surface area contributed by atoms with Gasteiger partial charge in [-0.1, -0.05) is 6.92 Å². The average molecular weight is 278 g/mol. The van der Waals surface area contributed by atoms with E-state index in [1.54, 1.807) is 0 Å². The van der Waals surface area contributed by atoms with E-state index in [1.165, 1.54) is 19.3 Å². The van der Waals surface area contributed by atoms with Gasteiger partial charge in [-0.3, -0.25) is 4.79 Å². The van der Waals surface area contributed by atoms with Gasteiger partial charge in [0.15, 0.2) is 0 Å². The molecule has 0 aromatic carbocycles. The Balaban J connectivity index is 1.35. The summed E-state index contributed by atoms with van der Waals surface area (Å²) in [6, 6.07) is 0. The van der Waals surface area contributed by atoms with Crippen LogP contribution in [0.3, 0.4) is 0 Å². The zero-order valence-electron chi connectivity index (χ0n) is 12.8. The van der Waals surface area contributed by atoms with Crippen LogP contribution in [0.2, 0.25) is 0 Å². The quantitative estimate of drug-likeness (QED) is 0.586. The Bertz CT molecular complexity index is 430. The van der Waals surface area contributed by atoms with Crippen LogP contribution in [0.15, 0.2) is 0 Å². The molecule has 0 spiro atoms. The van der Waals surface area contributed by atoms with Crippen molar-refractivity contribution in [3.63, 3.8) is 0 Å². The van der Waals surface area contributed by atoms with Crippen LogP contribution >= 0.6 is 0 Å². The molecule has 0 aromatic heterocycles. The normalized spacial score (nSPS) is 48.0. The largest absolute Gasteiger partial charge is 0.465 e. The van der Waals surface area contributed by atoms with E-state index in [-0.39, 0.29) is 11.4 Å². The highest BCUT2D eigenvalue weighted by molar-refractivity contribution is 5.75. The van der Waals surface area contributed by atoms with Gasteiger partial charge in [-0.25, -0.2) is 0 Å². The fraction of sp³-hybridized carbons (Fsp3) is 0.941. The van der Waals surface area contributed by atoms with Gasteiger partial charge in [0.05, 0.1) is 24.2 Å². The lowest BCUT2D eigenvalue weighted by atomic mass is 9.75. The number of carbonyl (C=O) groups is 1. The van der Waals surface area contributed by atoms with E-state index in [2.05, 4.69) is 0 Å². The van der Waals surface area contributed by atoms with Gasteiger partial charge in [-0.15, -0.1) is 0 Å². The maximum atomic E-state index is 12.1. The smallest absolute Gasteiger partial charge is 0.311 e. The molecule has 1 heterocycles. The van der Waals surface area contributed by atoms with Crippen molar-refractivity contribution >= 4 is 5.97 Å². The SMILES string of the molecule is CCC(C)(C)C(=O)OCC1CC2CC1C1CC3OC3C21. The number of rotatable bonds is 4. The average Bonchev–Trinajstić information content (AvgIpc) is 2.81. The first-order chi connectivity index (χ1) is 9.51. The van der Waals surface area contributed by atoms with Gasteiger partial charge in [0, 0.05) is 0 Å². The van der Waals surface area contributed by atoms with Crippen molar-refractivity contribution in [3.05, 3.63) is 0 Å². The Morgan fingerprint density at radius 1 is 1.25 bits per heavy atom. The highest BCUT2D eigenvalue weighted by Crippen LogP contribution is 2.65. The lowest BCUT2D eigenvalue weighted by Crippen LogP contribution is -2.33. The number of hydrogen-bond acceptors (Lipinski definition) is 3. The molecule has 7 unspecified atom stereocenters. The molecular formula is C17H26O3.